The van der Waals surface area contributed by atoms with E-state index < -0.39 is 0 Å². The minimum Gasteiger partial charge on any atom is -0.323 e. The summed E-state index contributed by atoms with van der Waals surface area (Å²) in [6.45, 7) is 0.724. The molecule has 0 saturated heterocycles. The standard InChI is InChI=1S/C27H26N2O2/c30-20-21-12-16-28(19-21)24-10-8-22(9-11-24)26(31)29-17-15-27(13-4-1-5-14-27)18-23-6-2-3-7-25(23)29/h2-4,6-13,16,19-20H,1,5,14-15,17-18H2. The maximum Gasteiger partial charge on any atom is 0.258 e. The second-order valence-electron chi connectivity index (χ2n) is 8.69. The van der Waals surface area contributed by atoms with Gasteiger partial charge in [-0.25, -0.2) is 0 Å². The number of para-hydroxylation sites is 1. The van der Waals surface area contributed by atoms with E-state index in [0.717, 1.165) is 43.5 Å². The number of anilines is 1. The molecule has 1 aliphatic heterocycles. The largest absolute Gasteiger partial charge is 0.323 e. The van der Waals surface area contributed by atoms with Crippen molar-refractivity contribution in [3.63, 3.8) is 0 Å². The Hall–Kier alpha value is -3.40. The predicted octanol–water partition coefficient (Wildman–Crippen LogP) is 5.61. The fourth-order valence-corrected chi connectivity index (χ4v) is 4.98. The van der Waals surface area contributed by atoms with Crippen LogP contribution in [0.5, 0.6) is 0 Å². The van der Waals surface area contributed by atoms with Gasteiger partial charge >= 0.3 is 0 Å². The highest BCUT2D eigenvalue weighted by Crippen LogP contribution is 2.43. The molecule has 0 radical (unpaired) electrons. The normalized spacial score (nSPS) is 20.3. The number of rotatable bonds is 3. The number of carbonyl (C=O) groups is 2. The highest BCUT2D eigenvalue weighted by atomic mass is 16.2. The summed E-state index contributed by atoms with van der Waals surface area (Å²) >= 11 is 0. The SMILES string of the molecule is O=Cc1ccn(-c2ccc(C(=O)N3CCC4(C=CCCC4)Cc4ccccc43)cc2)c1. The van der Waals surface area contributed by atoms with Crippen molar-refractivity contribution < 1.29 is 9.59 Å². The second kappa shape index (κ2) is 8.03. The first-order valence-electron chi connectivity index (χ1n) is 11.0. The Balaban J connectivity index is 1.44. The molecule has 2 heterocycles. The van der Waals surface area contributed by atoms with Gasteiger partial charge < -0.3 is 9.47 Å². The lowest BCUT2D eigenvalue weighted by atomic mass is 9.72. The number of carbonyl (C=O) groups excluding carboxylic acids is 2. The molecule has 4 heteroatoms. The maximum absolute atomic E-state index is 13.5. The number of benzene rings is 2. The van der Waals surface area contributed by atoms with Crippen LogP contribution in [0, 0.1) is 5.41 Å². The first-order valence-corrected chi connectivity index (χ1v) is 11.0. The zero-order valence-corrected chi connectivity index (χ0v) is 17.5. The van der Waals surface area contributed by atoms with Gasteiger partial charge in [0.1, 0.15) is 0 Å². The van der Waals surface area contributed by atoms with Crippen molar-refractivity contribution in [3.05, 3.63) is 95.8 Å². The van der Waals surface area contributed by atoms with Crippen molar-refractivity contribution in [2.45, 2.75) is 32.1 Å². The highest BCUT2D eigenvalue weighted by Gasteiger charge is 2.35. The summed E-state index contributed by atoms with van der Waals surface area (Å²) in [5.41, 5.74) is 4.69. The molecule has 156 valence electrons. The molecule has 5 rings (SSSR count). The van der Waals surface area contributed by atoms with Gasteiger partial charge in [-0.1, -0.05) is 30.4 Å². The first-order chi connectivity index (χ1) is 15.2. The summed E-state index contributed by atoms with van der Waals surface area (Å²) in [6, 6.07) is 17.7. The zero-order valence-electron chi connectivity index (χ0n) is 17.5. The fourth-order valence-electron chi connectivity index (χ4n) is 4.98. The Kier molecular flexibility index (Phi) is 5.06. The third-order valence-electron chi connectivity index (χ3n) is 6.68. The van der Waals surface area contributed by atoms with E-state index in [1.165, 1.54) is 18.4 Å². The van der Waals surface area contributed by atoms with Gasteiger partial charge in [0.2, 0.25) is 0 Å². The predicted molar refractivity (Wildman–Crippen MR) is 123 cm³/mol. The maximum atomic E-state index is 13.5. The van der Waals surface area contributed by atoms with E-state index in [1.807, 2.05) is 46.0 Å². The van der Waals surface area contributed by atoms with Crippen molar-refractivity contribution >= 4 is 17.9 Å². The van der Waals surface area contributed by atoms with Crippen molar-refractivity contribution in [2.24, 2.45) is 5.41 Å². The van der Waals surface area contributed by atoms with Crippen LogP contribution < -0.4 is 4.90 Å². The lowest BCUT2D eigenvalue weighted by Crippen LogP contribution is -2.33. The number of amides is 1. The van der Waals surface area contributed by atoms with Crippen LogP contribution >= 0.6 is 0 Å². The minimum atomic E-state index is 0.0388. The number of hydrogen-bond donors (Lipinski definition) is 0. The quantitative estimate of drug-likeness (QED) is 0.416. The van der Waals surface area contributed by atoms with Crippen LogP contribution in [0.2, 0.25) is 0 Å². The fraction of sp³-hybridized carbons (Fsp3) is 0.259. The summed E-state index contributed by atoms with van der Waals surface area (Å²) in [7, 11) is 0. The highest BCUT2D eigenvalue weighted by molar-refractivity contribution is 6.06. The molecule has 0 bridgehead atoms. The molecule has 1 aromatic heterocycles. The Morgan fingerprint density at radius 3 is 2.58 bits per heavy atom. The van der Waals surface area contributed by atoms with Crippen molar-refractivity contribution in [2.75, 3.05) is 11.4 Å². The summed E-state index contributed by atoms with van der Waals surface area (Å²) in [6.07, 6.45) is 14.7. The molecule has 4 nitrogen and oxygen atoms in total. The number of aromatic nitrogens is 1. The second-order valence-corrected chi connectivity index (χ2v) is 8.69. The van der Waals surface area contributed by atoms with Crippen LogP contribution in [-0.4, -0.2) is 23.3 Å². The molecular formula is C27H26N2O2. The number of nitrogens with zero attached hydrogens (tertiary/aromatic N) is 2. The van der Waals surface area contributed by atoms with Gasteiger partial charge in [-0.2, -0.15) is 0 Å². The molecular weight excluding hydrogens is 384 g/mol. The molecule has 1 unspecified atom stereocenters. The molecule has 0 saturated carbocycles. The van der Waals surface area contributed by atoms with Gasteiger partial charge in [-0.3, -0.25) is 9.59 Å². The van der Waals surface area contributed by atoms with E-state index in [2.05, 4.69) is 30.4 Å². The summed E-state index contributed by atoms with van der Waals surface area (Å²) in [4.78, 5) is 26.4. The monoisotopic (exact) mass is 410 g/mol. The lowest BCUT2D eigenvalue weighted by molar-refractivity contribution is 0.0984. The number of allylic oxidation sites excluding steroid dienone is 2. The van der Waals surface area contributed by atoms with E-state index in [-0.39, 0.29) is 11.3 Å². The molecule has 2 aliphatic rings. The van der Waals surface area contributed by atoms with Crippen molar-refractivity contribution in [1.29, 1.82) is 0 Å². The average Bonchev–Trinajstić information content (AvgIpc) is 3.24. The van der Waals surface area contributed by atoms with Gasteiger partial charge in [0.25, 0.3) is 5.91 Å². The Bertz CT molecular complexity index is 1140. The zero-order chi connectivity index (χ0) is 21.3. The van der Waals surface area contributed by atoms with Crippen LogP contribution in [-0.2, 0) is 6.42 Å². The molecule has 0 N–H and O–H groups in total. The molecule has 0 fully saturated rings. The third-order valence-corrected chi connectivity index (χ3v) is 6.68. The molecule has 1 amide bonds. The van der Waals surface area contributed by atoms with Crippen molar-refractivity contribution in [3.8, 4) is 5.69 Å². The van der Waals surface area contributed by atoms with E-state index in [4.69, 9.17) is 0 Å². The number of hydrogen-bond acceptors (Lipinski definition) is 2. The Labute approximate surface area is 182 Å². The molecule has 1 atom stereocenters. The molecule has 2 aromatic carbocycles. The summed E-state index contributed by atoms with van der Waals surface area (Å²) in [5.74, 6) is 0.0388. The van der Waals surface area contributed by atoms with Crippen LogP contribution in [0.3, 0.4) is 0 Å². The van der Waals surface area contributed by atoms with Crippen LogP contribution in [0.1, 0.15) is 52.0 Å². The molecule has 1 aliphatic carbocycles. The average molecular weight is 411 g/mol. The lowest BCUT2D eigenvalue weighted by Gasteiger charge is -2.32. The van der Waals surface area contributed by atoms with Crippen LogP contribution in [0.25, 0.3) is 5.69 Å². The Morgan fingerprint density at radius 2 is 1.84 bits per heavy atom. The topological polar surface area (TPSA) is 42.3 Å². The smallest absolute Gasteiger partial charge is 0.258 e. The van der Waals surface area contributed by atoms with Gasteiger partial charge in [-0.15, -0.1) is 0 Å². The molecule has 1 spiro atoms. The molecule has 31 heavy (non-hydrogen) atoms. The van der Waals surface area contributed by atoms with E-state index in [9.17, 15) is 9.59 Å². The van der Waals surface area contributed by atoms with Crippen LogP contribution in [0.4, 0.5) is 5.69 Å². The minimum absolute atomic E-state index is 0.0388. The van der Waals surface area contributed by atoms with Gasteiger partial charge in [0.15, 0.2) is 6.29 Å². The van der Waals surface area contributed by atoms with E-state index in [0.29, 0.717) is 11.1 Å². The van der Waals surface area contributed by atoms with E-state index >= 15 is 0 Å². The number of aldehydes is 1. The van der Waals surface area contributed by atoms with Crippen molar-refractivity contribution in [1.82, 2.24) is 4.57 Å². The summed E-state index contributed by atoms with van der Waals surface area (Å²) in [5, 5.41) is 0. The Morgan fingerprint density at radius 1 is 1.00 bits per heavy atom. The molecule has 3 aromatic rings. The van der Waals surface area contributed by atoms with Gasteiger partial charge in [-0.05, 0) is 79.5 Å². The van der Waals surface area contributed by atoms with E-state index in [1.54, 1.807) is 12.3 Å². The van der Waals surface area contributed by atoms with Crippen LogP contribution in [0.15, 0.2) is 79.1 Å². The first kappa shape index (κ1) is 19.6. The summed E-state index contributed by atoms with van der Waals surface area (Å²) < 4.78 is 1.89. The van der Waals surface area contributed by atoms with Gasteiger partial charge in [0.05, 0.1) is 0 Å². The third kappa shape index (κ3) is 3.74. The number of fused-ring (bicyclic) bond motifs is 1. The van der Waals surface area contributed by atoms with Gasteiger partial charge in [0, 0.05) is 41.4 Å².